The molecule has 0 atom stereocenters. The van der Waals surface area contributed by atoms with Crippen LogP contribution in [0.2, 0.25) is 0 Å². The molecule has 20 heavy (non-hydrogen) atoms. The Morgan fingerprint density at radius 2 is 1.60 bits per heavy atom. The van der Waals surface area contributed by atoms with Crippen LogP contribution in [0.25, 0.3) is 10.8 Å². The van der Waals surface area contributed by atoms with Crippen molar-refractivity contribution in [3.63, 3.8) is 0 Å². The third-order valence-electron chi connectivity index (χ3n) is 4.80. The van der Waals surface area contributed by atoms with Gasteiger partial charge < -0.3 is 0 Å². The second-order valence-corrected chi connectivity index (χ2v) is 7.37. The van der Waals surface area contributed by atoms with Crippen molar-refractivity contribution in [3.8, 4) is 0 Å². The van der Waals surface area contributed by atoms with E-state index < -0.39 is 0 Å². The lowest BCUT2D eigenvalue weighted by Crippen LogP contribution is -2.13. The molecule has 3 rings (SSSR count). The fraction of sp³-hybridized carbons (Fsp3) is 0.500. The molecule has 0 aromatic heterocycles. The van der Waals surface area contributed by atoms with Gasteiger partial charge in [0.15, 0.2) is 0 Å². The summed E-state index contributed by atoms with van der Waals surface area (Å²) in [4.78, 5) is 0. The van der Waals surface area contributed by atoms with Gasteiger partial charge in [-0.1, -0.05) is 76.4 Å². The standard InChI is InChI=1S/C20H26/c1-20(2,3)17-13-16-11-7-8-12-18(16)19(14-17)15-9-5-4-6-10-15/h7-8,11-15H,4-6,9-10H2,1-3H3. The van der Waals surface area contributed by atoms with Gasteiger partial charge in [0.1, 0.15) is 0 Å². The predicted molar refractivity (Wildman–Crippen MR) is 88.5 cm³/mol. The summed E-state index contributed by atoms with van der Waals surface area (Å²) < 4.78 is 0. The molecule has 0 saturated heterocycles. The Balaban J connectivity index is 2.16. The summed E-state index contributed by atoms with van der Waals surface area (Å²) in [6, 6.07) is 13.8. The highest BCUT2D eigenvalue weighted by atomic mass is 14.3. The number of benzene rings is 2. The van der Waals surface area contributed by atoms with Crippen molar-refractivity contribution >= 4 is 10.8 Å². The van der Waals surface area contributed by atoms with Gasteiger partial charge in [-0.25, -0.2) is 0 Å². The minimum atomic E-state index is 0.230. The van der Waals surface area contributed by atoms with E-state index in [9.17, 15) is 0 Å². The molecule has 0 bridgehead atoms. The number of hydrogen-bond donors (Lipinski definition) is 0. The van der Waals surface area contributed by atoms with Crippen LogP contribution in [0, 0.1) is 0 Å². The maximum Gasteiger partial charge on any atom is -0.0132 e. The zero-order chi connectivity index (χ0) is 14.2. The predicted octanol–water partition coefficient (Wildman–Crippen LogP) is 6.19. The Morgan fingerprint density at radius 3 is 2.30 bits per heavy atom. The molecular formula is C20H26. The Morgan fingerprint density at radius 1 is 0.900 bits per heavy atom. The Bertz CT molecular complexity index is 595. The van der Waals surface area contributed by atoms with Gasteiger partial charge in [-0.15, -0.1) is 0 Å². The first-order valence-electron chi connectivity index (χ1n) is 8.09. The highest BCUT2D eigenvalue weighted by Gasteiger charge is 2.21. The van der Waals surface area contributed by atoms with Crippen LogP contribution < -0.4 is 0 Å². The minimum absolute atomic E-state index is 0.230. The van der Waals surface area contributed by atoms with Crippen LogP contribution in [0.15, 0.2) is 36.4 Å². The lowest BCUT2D eigenvalue weighted by molar-refractivity contribution is 0.444. The normalized spacial score (nSPS) is 17.6. The van der Waals surface area contributed by atoms with Gasteiger partial charge in [-0.2, -0.15) is 0 Å². The van der Waals surface area contributed by atoms with Crippen molar-refractivity contribution in [1.29, 1.82) is 0 Å². The molecule has 2 aromatic carbocycles. The Hall–Kier alpha value is -1.30. The van der Waals surface area contributed by atoms with Gasteiger partial charge in [-0.05, 0) is 46.1 Å². The highest BCUT2D eigenvalue weighted by Crippen LogP contribution is 2.38. The SMILES string of the molecule is CC(C)(C)c1cc(C2CCCCC2)c2ccccc2c1. The van der Waals surface area contributed by atoms with Gasteiger partial charge in [0.2, 0.25) is 0 Å². The molecular weight excluding hydrogens is 240 g/mol. The topological polar surface area (TPSA) is 0 Å². The molecule has 0 N–H and O–H groups in total. The first kappa shape index (κ1) is 13.7. The van der Waals surface area contributed by atoms with Crippen LogP contribution in [0.5, 0.6) is 0 Å². The molecule has 0 heteroatoms. The van der Waals surface area contributed by atoms with E-state index >= 15 is 0 Å². The molecule has 0 nitrogen and oxygen atoms in total. The summed E-state index contributed by atoms with van der Waals surface area (Å²) in [6.07, 6.45) is 6.97. The lowest BCUT2D eigenvalue weighted by Gasteiger charge is -2.27. The fourth-order valence-electron chi connectivity index (χ4n) is 3.52. The summed E-state index contributed by atoms with van der Waals surface area (Å²) in [7, 11) is 0. The average molecular weight is 266 g/mol. The number of rotatable bonds is 1. The second-order valence-electron chi connectivity index (χ2n) is 7.37. The molecule has 0 aliphatic heterocycles. The van der Waals surface area contributed by atoms with E-state index in [0.29, 0.717) is 0 Å². The quantitative estimate of drug-likeness (QED) is 0.577. The summed E-state index contributed by atoms with van der Waals surface area (Å²) >= 11 is 0. The third kappa shape index (κ3) is 2.61. The number of fused-ring (bicyclic) bond motifs is 1. The third-order valence-corrected chi connectivity index (χ3v) is 4.80. The zero-order valence-electron chi connectivity index (χ0n) is 13.1. The molecule has 2 aromatic rings. The number of hydrogen-bond acceptors (Lipinski definition) is 0. The van der Waals surface area contributed by atoms with Gasteiger partial charge in [-0.3, -0.25) is 0 Å². The average Bonchev–Trinajstić information content (AvgIpc) is 2.46. The molecule has 0 radical (unpaired) electrons. The lowest BCUT2D eigenvalue weighted by atomic mass is 9.78. The van der Waals surface area contributed by atoms with Crippen LogP contribution in [0.4, 0.5) is 0 Å². The first-order valence-corrected chi connectivity index (χ1v) is 8.09. The monoisotopic (exact) mass is 266 g/mol. The largest absolute Gasteiger partial charge is 0.0616 e. The summed E-state index contributed by atoms with van der Waals surface area (Å²) in [5.74, 6) is 0.774. The van der Waals surface area contributed by atoms with E-state index in [4.69, 9.17) is 0 Å². The van der Waals surface area contributed by atoms with Crippen molar-refractivity contribution in [2.24, 2.45) is 0 Å². The van der Waals surface area contributed by atoms with Crippen molar-refractivity contribution in [2.45, 2.75) is 64.2 Å². The van der Waals surface area contributed by atoms with Crippen molar-refractivity contribution in [3.05, 3.63) is 47.5 Å². The highest BCUT2D eigenvalue weighted by molar-refractivity contribution is 5.87. The summed E-state index contributed by atoms with van der Waals surface area (Å²) in [6.45, 7) is 6.96. The second kappa shape index (κ2) is 5.24. The van der Waals surface area contributed by atoms with Gasteiger partial charge in [0.05, 0.1) is 0 Å². The van der Waals surface area contributed by atoms with Crippen molar-refractivity contribution < 1.29 is 0 Å². The van der Waals surface area contributed by atoms with E-state index in [0.717, 1.165) is 5.92 Å². The Kier molecular flexibility index (Phi) is 3.58. The van der Waals surface area contributed by atoms with E-state index in [1.54, 1.807) is 5.56 Å². The maximum atomic E-state index is 2.50. The molecule has 0 spiro atoms. The molecule has 1 aliphatic rings. The van der Waals surface area contributed by atoms with E-state index in [1.165, 1.54) is 48.4 Å². The molecule has 0 unspecified atom stereocenters. The fourth-order valence-corrected chi connectivity index (χ4v) is 3.52. The summed E-state index contributed by atoms with van der Waals surface area (Å²) in [5.41, 5.74) is 3.32. The Labute approximate surface area is 123 Å². The molecule has 1 fully saturated rings. The van der Waals surface area contributed by atoms with E-state index in [-0.39, 0.29) is 5.41 Å². The summed E-state index contributed by atoms with van der Waals surface area (Å²) in [5, 5.41) is 2.90. The molecule has 0 amide bonds. The first-order chi connectivity index (χ1) is 9.55. The van der Waals surface area contributed by atoms with Gasteiger partial charge in [0.25, 0.3) is 0 Å². The van der Waals surface area contributed by atoms with Gasteiger partial charge >= 0.3 is 0 Å². The minimum Gasteiger partial charge on any atom is -0.0616 e. The molecule has 1 aliphatic carbocycles. The molecule has 0 heterocycles. The maximum absolute atomic E-state index is 2.50. The molecule has 106 valence electrons. The van der Waals surface area contributed by atoms with Gasteiger partial charge in [0, 0.05) is 0 Å². The van der Waals surface area contributed by atoms with Crippen molar-refractivity contribution in [2.75, 3.05) is 0 Å². The van der Waals surface area contributed by atoms with Crippen molar-refractivity contribution in [1.82, 2.24) is 0 Å². The van der Waals surface area contributed by atoms with Crippen LogP contribution in [0.3, 0.4) is 0 Å². The smallest absolute Gasteiger partial charge is 0.0132 e. The molecule has 1 saturated carbocycles. The van der Waals surface area contributed by atoms with Crippen LogP contribution in [-0.2, 0) is 5.41 Å². The van der Waals surface area contributed by atoms with Crippen LogP contribution >= 0.6 is 0 Å². The van der Waals surface area contributed by atoms with Crippen LogP contribution in [0.1, 0.15) is 69.9 Å². The zero-order valence-corrected chi connectivity index (χ0v) is 13.1. The van der Waals surface area contributed by atoms with Crippen LogP contribution in [-0.4, -0.2) is 0 Å². The van der Waals surface area contributed by atoms with E-state index in [2.05, 4.69) is 57.2 Å². The van der Waals surface area contributed by atoms with E-state index in [1.807, 2.05) is 0 Å².